The first kappa shape index (κ1) is 25.3. The number of aryl methyl sites for hydroxylation is 2. The molecule has 0 fully saturated rings. The quantitative estimate of drug-likeness (QED) is 0.141. The molecule has 0 aliphatic heterocycles. The van der Waals surface area contributed by atoms with Gasteiger partial charge in [-0.05, 0) is 12.3 Å². The summed E-state index contributed by atoms with van der Waals surface area (Å²) in [6.45, 7) is 8.32. The zero-order chi connectivity index (χ0) is 24.2. The topological polar surface area (TPSA) is 25.8 Å². The van der Waals surface area contributed by atoms with Gasteiger partial charge in [-0.1, -0.05) is 55.0 Å². The molecule has 2 nitrogen and oxygen atoms in total. The van der Waals surface area contributed by atoms with Gasteiger partial charge in [0.25, 0.3) is 0 Å². The molecule has 0 spiro atoms. The summed E-state index contributed by atoms with van der Waals surface area (Å²) in [5, 5.41) is 3.41. The van der Waals surface area contributed by atoms with Crippen molar-refractivity contribution in [1.82, 2.24) is 9.97 Å². The van der Waals surface area contributed by atoms with Crippen LogP contribution in [0.15, 0.2) is 103 Å². The van der Waals surface area contributed by atoms with Gasteiger partial charge in [0, 0.05) is 17.0 Å². The number of fused-ring (bicyclic) bond motifs is 3. The third kappa shape index (κ3) is 5.38. The van der Waals surface area contributed by atoms with Crippen LogP contribution in [-0.4, -0.2) is 9.97 Å². The van der Waals surface area contributed by atoms with E-state index in [2.05, 4.69) is 80.4 Å². The van der Waals surface area contributed by atoms with Crippen LogP contribution in [0.5, 0.6) is 0 Å². The van der Waals surface area contributed by atoms with Crippen molar-refractivity contribution < 1.29 is 20.1 Å². The zero-order valence-electron chi connectivity index (χ0n) is 20.2. The van der Waals surface area contributed by atoms with E-state index >= 15 is 0 Å². The fraction of sp³-hybridized carbons (Fsp3) is 0.0606. The van der Waals surface area contributed by atoms with Crippen molar-refractivity contribution in [3.05, 3.63) is 139 Å². The Morgan fingerprint density at radius 3 is 2.06 bits per heavy atom. The second kappa shape index (κ2) is 11.3. The van der Waals surface area contributed by atoms with Crippen molar-refractivity contribution in [2.45, 2.75) is 13.8 Å². The van der Waals surface area contributed by atoms with Crippen LogP contribution in [0.1, 0.15) is 16.7 Å². The number of rotatable bonds is 2. The molecule has 0 aliphatic rings. The molecular formula is C33H25IrN2. The van der Waals surface area contributed by atoms with Crippen LogP contribution in [0.4, 0.5) is 0 Å². The standard InChI is InChI=1S/C18H11N2.C15H14.Ir/c1-2-7-14(8-3-1)18-19-12-15-11-10-13-6-4-5-9-16(13)17(15)20-18;1-11-9-13(3)15(10-12(11)2)14-7-5-4-6-8-14;/h1-7,9-12H;4-7,9-10H,3H2,1-2H3;/q-1;-2;+3. The molecule has 3 heteroatoms. The maximum absolute atomic E-state index is 4.73. The van der Waals surface area contributed by atoms with Crippen LogP contribution in [0, 0.1) is 32.9 Å². The summed E-state index contributed by atoms with van der Waals surface area (Å²) in [5.74, 6) is 0.717. The number of nitrogens with zero attached hydrogens (tertiary/aromatic N) is 2. The van der Waals surface area contributed by atoms with E-state index in [-0.39, 0.29) is 20.1 Å². The minimum absolute atomic E-state index is 0. The van der Waals surface area contributed by atoms with Gasteiger partial charge in [-0.2, -0.15) is 18.6 Å². The van der Waals surface area contributed by atoms with Crippen LogP contribution in [0.3, 0.4) is 0 Å². The Kier molecular flexibility index (Phi) is 7.95. The Morgan fingerprint density at radius 2 is 1.33 bits per heavy atom. The maximum Gasteiger partial charge on any atom is 3.00 e. The van der Waals surface area contributed by atoms with E-state index in [0.717, 1.165) is 38.8 Å². The van der Waals surface area contributed by atoms with Crippen molar-refractivity contribution in [3.63, 3.8) is 0 Å². The second-order valence-electron chi connectivity index (χ2n) is 8.56. The first-order valence-corrected chi connectivity index (χ1v) is 11.6. The molecule has 0 N–H and O–H groups in total. The third-order valence-electron chi connectivity index (χ3n) is 6.14. The van der Waals surface area contributed by atoms with Gasteiger partial charge in [0.15, 0.2) is 0 Å². The Bertz CT molecular complexity index is 1610. The molecular weight excluding hydrogens is 617 g/mol. The van der Waals surface area contributed by atoms with Crippen molar-refractivity contribution in [1.29, 1.82) is 0 Å². The summed E-state index contributed by atoms with van der Waals surface area (Å²) in [6.07, 6.45) is 1.88. The molecule has 5 aromatic carbocycles. The van der Waals surface area contributed by atoms with Crippen LogP contribution in [-0.2, 0) is 20.1 Å². The predicted molar refractivity (Wildman–Crippen MR) is 146 cm³/mol. The molecule has 1 heterocycles. The second-order valence-corrected chi connectivity index (χ2v) is 8.56. The van der Waals surface area contributed by atoms with Crippen LogP contribution < -0.4 is 0 Å². The van der Waals surface area contributed by atoms with Gasteiger partial charge in [0.05, 0.1) is 11.3 Å². The molecule has 0 saturated carbocycles. The Hall–Kier alpha value is -3.78. The summed E-state index contributed by atoms with van der Waals surface area (Å²) in [4.78, 5) is 9.17. The van der Waals surface area contributed by atoms with Gasteiger partial charge in [0.1, 0.15) is 0 Å². The molecule has 1 aromatic heterocycles. The fourth-order valence-electron chi connectivity index (χ4n) is 4.12. The molecule has 0 radical (unpaired) electrons. The van der Waals surface area contributed by atoms with Gasteiger partial charge >= 0.3 is 20.1 Å². The molecule has 6 aromatic rings. The van der Waals surface area contributed by atoms with Crippen LogP contribution in [0.2, 0.25) is 0 Å². The first-order valence-electron chi connectivity index (χ1n) is 11.6. The van der Waals surface area contributed by atoms with Gasteiger partial charge < -0.3 is 0 Å². The number of hydrogen-bond acceptors (Lipinski definition) is 2. The average molecular weight is 642 g/mol. The van der Waals surface area contributed by atoms with E-state index in [1.807, 2.05) is 60.8 Å². The Morgan fingerprint density at radius 1 is 0.694 bits per heavy atom. The fourth-order valence-corrected chi connectivity index (χ4v) is 4.12. The molecule has 0 atom stereocenters. The minimum atomic E-state index is 0. The minimum Gasteiger partial charge on any atom is -0.285 e. The van der Waals surface area contributed by atoms with Crippen molar-refractivity contribution >= 4 is 21.7 Å². The first-order chi connectivity index (χ1) is 17.1. The SMILES string of the molecule is [CH2-]c1cc(C)c(C)cc1-c1[c-]cccc1.[Ir+3].[c-]1ccccc1-c1ncc2ccc3ccccc3c2n1. The summed E-state index contributed by atoms with van der Waals surface area (Å²) in [5.41, 5.74) is 7.87. The summed E-state index contributed by atoms with van der Waals surface area (Å²) >= 11 is 0. The van der Waals surface area contributed by atoms with E-state index < -0.39 is 0 Å². The van der Waals surface area contributed by atoms with E-state index in [1.165, 1.54) is 22.1 Å². The number of hydrogen-bond donors (Lipinski definition) is 0. The van der Waals surface area contributed by atoms with Gasteiger partial charge in [-0.3, -0.25) is 9.97 Å². The predicted octanol–water partition coefficient (Wildman–Crippen LogP) is 8.20. The van der Waals surface area contributed by atoms with Crippen molar-refractivity contribution in [2.24, 2.45) is 0 Å². The molecule has 0 unspecified atom stereocenters. The van der Waals surface area contributed by atoms with Crippen molar-refractivity contribution in [2.75, 3.05) is 0 Å². The Balaban J connectivity index is 0.000000172. The smallest absolute Gasteiger partial charge is 0.285 e. The molecule has 0 amide bonds. The molecule has 36 heavy (non-hydrogen) atoms. The van der Waals surface area contributed by atoms with Crippen LogP contribution >= 0.6 is 0 Å². The number of aromatic nitrogens is 2. The average Bonchev–Trinajstić information content (AvgIpc) is 2.92. The molecule has 0 saturated heterocycles. The molecule has 176 valence electrons. The normalized spacial score (nSPS) is 10.4. The summed E-state index contributed by atoms with van der Waals surface area (Å²) in [6, 6.07) is 39.0. The van der Waals surface area contributed by atoms with E-state index in [9.17, 15) is 0 Å². The Labute approximate surface area is 226 Å². The van der Waals surface area contributed by atoms with Gasteiger partial charge in [-0.15, -0.1) is 82.9 Å². The summed E-state index contributed by atoms with van der Waals surface area (Å²) < 4.78 is 0. The summed E-state index contributed by atoms with van der Waals surface area (Å²) in [7, 11) is 0. The van der Waals surface area contributed by atoms with Gasteiger partial charge in [0.2, 0.25) is 0 Å². The maximum atomic E-state index is 4.73. The molecule has 0 aliphatic carbocycles. The van der Waals surface area contributed by atoms with Crippen LogP contribution in [0.25, 0.3) is 44.2 Å². The molecule has 6 rings (SSSR count). The van der Waals surface area contributed by atoms with E-state index in [0.29, 0.717) is 0 Å². The largest absolute Gasteiger partial charge is 3.00 e. The monoisotopic (exact) mass is 642 g/mol. The van der Waals surface area contributed by atoms with Gasteiger partial charge in [-0.25, -0.2) is 0 Å². The van der Waals surface area contributed by atoms with E-state index in [4.69, 9.17) is 4.98 Å². The van der Waals surface area contributed by atoms with E-state index in [1.54, 1.807) is 0 Å². The molecule has 0 bridgehead atoms. The zero-order valence-corrected chi connectivity index (χ0v) is 22.6. The van der Waals surface area contributed by atoms with Crippen molar-refractivity contribution in [3.8, 4) is 22.5 Å². The third-order valence-corrected chi connectivity index (χ3v) is 6.14. The number of benzene rings is 5.